The van der Waals surface area contributed by atoms with Crippen LogP contribution in [0, 0.1) is 3.57 Å². The molecule has 0 bridgehead atoms. The fourth-order valence-corrected chi connectivity index (χ4v) is 2.18. The molecule has 0 saturated heterocycles. The molecule has 9 heteroatoms. The molecule has 0 aliphatic rings. The van der Waals surface area contributed by atoms with Crippen LogP contribution in [0.25, 0.3) is 0 Å². The molecule has 106 valence electrons. The van der Waals surface area contributed by atoms with Gasteiger partial charge in [0.25, 0.3) is 0 Å². The molecule has 0 unspecified atom stereocenters. The minimum absolute atomic E-state index is 0.0392. The smallest absolute Gasteiger partial charge is 0.462 e. The highest BCUT2D eigenvalue weighted by atomic mass is 127. The first-order chi connectivity index (χ1) is 8.80. The van der Waals surface area contributed by atoms with E-state index in [0.29, 0.717) is 0 Å². The van der Waals surface area contributed by atoms with Crippen LogP contribution in [0.2, 0.25) is 0 Å². The maximum absolute atomic E-state index is 12.4. The van der Waals surface area contributed by atoms with Gasteiger partial charge in [0.15, 0.2) is 5.75 Å². The Morgan fingerprint density at radius 3 is 2.63 bits per heavy atom. The van der Waals surface area contributed by atoms with Crippen molar-refractivity contribution in [2.75, 3.05) is 6.61 Å². The number of esters is 1. The van der Waals surface area contributed by atoms with Crippen LogP contribution in [0.4, 0.5) is 13.2 Å². The second-order valence-corrected chi connectivity index (χ2v) is 4.88. The van der Waals surface area contributed by atoms with Gasteiger partial charge >= 0.3 is 12.3 Å². The Morgan fingerprint density at radius 1 is 1.53 bits per heavy atom. The predicted molar refractivity (Wildman–Crippen MR) is 72.2 cm³/mol. The Labute approximate surface area is 128 Å². The van der Waals surface area contributed by atoms with Gasteiger partial charge in [0.05, 0.1) is 15.9 Å². The fourth-order valence-electron chi connectivity index (χ4n) is 1.24. The number of hydrogen-bond donors (Lipinski definition) is 0. The zero-order valence-electron chi connectivity index (χ0n) is 9.55. The van der Waals surface area contributed by atoms with Gasteiger partial charge in [-0.3, -0.25) is 4.98 Å². The zero-order chi connectivity index (χ0) is 14.6. The van der Waals surface area contributed by atoms with E-state index in [9.17, 15) is 18.0 Å². The Balaban J connectivity index is 3.36. The molecule has 4 nitrogen and oxygen atoms in total. The molecule has 0 spiro atoms. The van der Waals surface area contributed by atoms with Gasteiger partial charge in [0, 0.05) is 11.5 Å². The van der Waals surface area contributed by atoms with E-state index in [1.165, 1.54) is 6.20 Å². The third kappa shape index (κ3) is 4.48. The average molecular weight is 454 g/mol. The lowest BCUT2D eigenvalue weighted by molar-refractivity contribution is -0.275. The van der Waals surface area contributed by atoms with E-state index < -0.39 is 18.1 Å². The zero-order valence-corrected chi connectivity index (χ0v) is 13.3. The van der Waals surface area contributed by atoms with E-state index in [0.717, 1.165) is 0 Å². The second kappa shape index (κ2) is 6.73. The van der Waals surface area contributed by atoms with Gasteiger partial charge in [-0.25, -0.2) is 4.79 Å². The SMILES string of the molecule is CCOC(=O)c1c(CBr)ncc(I)c1OC(F)(F)F. The van der Waals surface area contributed by atoms with Gasteiger partial charge in [-0.2, -0.15) is 0 Å². The Morgan fingerprint density at radius 2 is 2.16 bits per heavy atom. The Bertz CT molecular complexity index is 482. The molecule has 0 saturated carbocycles. The van der Waals surface area contributed by atoms with Crippen LogP contribution in [-0.4, -0.2) is 23.9 Å². The number of halogens is 5. The van der Waals surface area contributed by atoms with Crippen molar-refractivity contribution in [1.82, 2.24) is 4.98 Å². The van der Waals surface area contributed by atoms with Gasteiger partial charge in [0.1, 0.15) is 5.56 Å². The molecule has 19 heavy (non-hydrogen) atoms. The molecular weight excluding hydrogens is 446 g/mol. The van der Waals surface area contributed by atoms with Crippen LogP contribution in [0.1, 0.15) is 23.0 Å². The highest BCUT2D eigenvalue weighted by Gasteiger charge is 2.35. The van der Waals surface area contributed by atoms with Gasteiger partial charge in [-0.05, 0) is 29.5 Å². The van der Waals surface area contributed by atoms with Crippen LogP contribution >= 0.6 is 38.5 Å². The lowest BCUT2D eigenvalue weighted by Gasteiger charge is -2.15. The number of ether oxygens (including phenoxy) is 2. The van der Waals surface area contributed by atoms with E-state index in [2.05, 4.69) is 25.7 Å². The van der Waals surface area contributed by atoms with E-state index in [4.69, 9.17) is 4.74 Å². The summed E-state index contributed by atoms with van der Waals surface area (Å²) in [7, 11) is 0. The third-order valence-corrected chi connectivity index (χ3v) is 3.19. The van der Waals surface area contributed by atoms with Gasteiger partial charge in [-0.1, -0.05) is 15.9 Å². The first-order valence-electron chi connectivity index (χ1n) is 4.96. The van der Waals surface area contributed by atoms with Gasteiger partial charge < -0.3 is 9.47 Å². The topological polar surface area (TPSA) is 48.4 Å². The van der Waals surface area contributed by atoms with E-state index in [1.807, 2.05) is 0 Å². The lowest BCUT2D eigenvalue weighted by Crippen LogP contribution is -2.21. The number of aromatic nitrogens is 1. The summed E-state index contributed by atoms with van der Waals surface area (Å²) in [4.78, 5) is 15.6. The average Bonchev–Trinajstić information content (AvgIpc) is 2.30. The van der Waals surface area contributed by atoms with Crippen LogP contribution in [0.5, 0.6) is 5.75 Å². The van der Waals surface area contributed by atoms with Crippen LogP contribution < -0.4 is 4.74 Å². The maximum atomic E-state index is 12.4. The van der Waals surface area contributed by atoms with Crippen LogP contribution in [-0.2, 0) is 10.1 Å². The van der Waals surface area contributed by atoms with Crippen molar-refractivity contribution in [1.29, 1.82) is 0 Å². The third-order valence-electron chi connectivity index (χ3n) is 1.89. The molecule has 0 amide bonds. The van der Waals surface area contributed by atoms with Crippen molar-refractivity contribution in [3.63, 3.8) is 0 Å². The highest BCUT2D eigenvalue weighted by Crippen LogP contribution is 2.33. The van der Waals surface area contributed by atoms with Crippen molar-refractivity contribution < 1.29 is 27.4 Å². The number of rotatable bonds is 4. The number of nitrogens with zero attached hydrogens (tertiary/aromatic N) is 1. The van der Waals surface area contributed by atoms with E-state index in [-0.39, 0.29) is 26.8 Å². The summed E-state index contributed by atoms with van der Waals surface area (Å²) in [6.45, 7) is 1.59. The first kappa shape index (κ1) is 16.5. The van der Waals surface area contributed by atoms with Crippen molar-refractivity contribution >= 4 is 44.5 Å². The molecule has 1 rings (SSSR count). The quantitative estimate of drug-likeness (QED) is 0.396. The number of carbonyl (C=O) groups excluding carboxylic acids is 1. The summed E-state index contributed by atoms with van der Waals surface area (Å²) in [6.07, 6.45) is -3.70. The normalized spacial score (nSPS) is 11.3. The minimum Gasteiger partial charge on any atom is -0.462 e. The maximum Gasteiger partial charge on any atom is 0.573 e. The fraction of sp³-hybridized carbons (Fsp3) is 0.400. The number of carbonyl (C=O) groups is 1. The van der Waals surface area contributed by atoms with Gasteiger partial charge in [-0.15, -0.1) is 13.2 Å². The summed E-state index contributed by atoms with van der Waals surface area (Å²) in [5.74, 6) is -1.49. The molecule has 0 N–H and O–H groups in total. The van der Waals surface area contributed by atoms with E-state index >= 15 is 0 Å². The minimum atomic E-state index is -4.90. The molecule has 0 radical (unpaired) electrons. The number of alkyl halides is 4. The second-order valence-electron chi connectivity index (χ2n) is 3.16. The van der Waals surface area contributed by atoms with Crippen LogP contribution in [0.3, 0.4) is 0 Å². The summed E-state index contributed by atoms with van der Waals surface area (Å²) in [5.41, 5.74) is -0.193. The molecule has 1 aromatic rings. The summed E-state index contributed by atoms with van der Waals surface area (Å²) in [6, 6.07) is 0. The molecule has 0 aliphatic heterocycles. The summed E-state index contributed by atoms with van der Waals surface area (Å²) < 4.78 is 45.8. The monoisotopic (exact) mass is 453 g/mol. The molecule has 0 aliphatic carbocycles. The first-order valence-corrected chi connectivity index (χ1v) is 7.16. The Hall–Kier alpha value is -0.580. The van der Waals surface area contributed by atoms with Crippen LogP contribution in [0.15, 0.2) is 6.20 Å². The predicted octanol–water partition coefficient (Wildman–Crippen LogP) is 3.66. The molecule has 0 fully saturated rings. The standard InChI is InChI=1S/C10H8BrF3INO3/c1-2-18-9(17)7-6(3-11)16-4-5(15)8(7)19-10(12,13)14/h4H,2-3H2,1H3. The van der Waals surface area contributed by atoms with Crippen molar-refractivity contribution in [2.45, 2.75) is 18.6 Å². The largest absolute Gasteiger partial charge is 0.573 e. The molecule has 1 aromatic heterocycles. The lowest BCUT2D eigenvalue weighted by atomic mass is 10.2. The molecule has 1 heterocycles. The van der Waals surface area contributed by atoms with Gasteiger partial charge in [0.2, 0.25) is 0 Å². The summed E-state index contributed by atoms with van der Waals surface area (Å²) in [5, 5.41) is 0.103. The highest BCUT2D eigenvalue weighted by molar-refractivity contribution is 14.1. The summed E-state index contributed by atoms with van der Waals surface area (Å²) >= 11 is 4.67. The molecule has 0 aromatic carbocycles. The molecular formula is C10H8BrF3INO3. The van der Waals surface area contributed by atoms with Crippen molar-refractivity contribution in [2.24, 2.45) is 0 Å². The van der Waals surface area contributed by atoms with Crippen molar-refractivity contribution in [3.8, 4) is 5.75 Å². The number of hydrogen-bond acceptors (Lipinski definition) is 4. The van der Waals surface area contributed by atoms with E-state index in [1.54, 1.807) is 29.5 Å². The Kier molecular flexibility index (Phi) is 5.83. The number of pyridine rings is 1. The molecule has 0 atom stereocenters. The van der Waals surface area contributed by atoms with Crippen molar-refractivity contribution in [3.05, 3.63) is 21.0 Å².